The molecule has 0 amide bonds. The highest BCUT2D eigenvalue weighted by Gasteiger charge is 2.23. The highest BCUT2D eigenvalue weighted by atomic mass is 35.5. The Bertz CT molecular complexity index is 597. The number of piperidine rings is 1. The van der Waals surface area contributed by atoms with Gasteiger partial charge in [-0.25, -0.2) is 0 Å². The van der Waals surface area contributed by atoms with Gasteiger partial charge in [-0.1, -0.05) is 29.8 Å². The molecule has 1 aliphatic rings. The average Bonchev–Trinajstić information content (AvgIpc) is 2.76. The van der Waals surface area contributed by atoms with E-state index in [4.69, 9.17) is 17.3 Å². The third-order valence-electron chi connectivity index (χ3n) is 4.25. The number of thiophene rings is 1. The van der Waals surface area contributed by atoms with Gasteiger partial charge in [0.05, 0.1) is 5.02 Å². The van der Waals surface area contributed by atoms with Crippen LogP contribution in [0.1, 0.15) is 24.6 Å². The third kappa shape index (κ3) is 3.72. The van der Waals surface area contributed by atoms with Crippen LogP contribution in [0.3, 0.4) is 0 Å². The van der Waals surface area contributed by atoms with Crippen molar-refractivity contribution in [2.45, 2.75) is 32.4 Å². The quantitative estimate of drug-likeness (QED) is 0.885. The molecule has 2 heterocycles. The molecule has 116 valence electrons. The fourth-order valence-electron chi connectivity index (χ4n) is 3.03. The summed E-state index contributed by atoms with van der Waals surface area (Å²) in [6.07, 6.45) is 2.50. The number of rotatable bonds is 3. The Hall–Kier alpha value is -0.320. The molecule has 3 rings (SSSR count). The second-order valence-corrected chi connectivity index (χ2v) is 7.35. The van der Waals surface area contributed by atoms with Gasteiger partial charge in [0.25, 0.3) is 0 Å². The normalized spacial score (nSPS) is 21.2. The van der Waals surface area contributed by atoms with Crippen LogP contribution in [0.15, 0.2) is 24.3 Å². The number of nitrogens with two attached hydrogens (primary N) is 1. The van der Waals surface area contributed by atoms with Crippen LogP contribution in [-0.4, -0.2) is 24.0 Å². The zero-order chi connectivity index (χ0) is 14.1. The molecule has 0 bridgehead atoms. The van der Waals surface area contributed by atoms with Crippen LogP contribution in [0.2, 0.25) is 5.02 Å². The van der Waals surface area contributed by atoms with Crippen LogP contribution in [-0.2, 0) is 6.54 Å². The van der Waals surface area contributed by atoms with Gasteiger partial charge in [-0.3, -0.25) is 4.90 Å². The summed E-state index contributed by atoms with van der Waals surface area (Å²) in [5, 5.41) is 2.13. The molecule has 1 saturated heterocycles. The molecule has 2 unspecified atom stereocenters. The maximum absolute atomic E-state index is 6.53. The van der Waals surface area contributed by atoms with E-state index in [1.54, 1.807) is 0 Å². The molecule has 1 fully saturated rings. The Morgan fingerprint density at radius 1 is 1.43 bits per heavy atom. The van der Waals surface area contributed by atoms with Crippen molar-refractivity contribution in [1.82, 2.24) is 4.90 Å². The highest BCUT2D eigenvalue weighted by molar-refractivity contribution is 7.19. The van der Waals surface area contributed by atoms with E-state index in [1.165, 1.54) is 27.8 Å². The Morgan fingerprint density at radius 3 is 2.90 bits per heavy atom. The lowest BCUT2D eigenvalue weighted by Crippen LogP contribution is -2.41. The van der Waals surface area contributed by atoms with Gasteiger partial charge in [-0.05, 0) is 38.3 Å². The minimum Gasteiger partial charge on any atom is -0.328 e. The molecule has 1 aromatic carbocycles. The minimum atomic E-state index is 0. The molecule has 5 heteroatoms. The van der Waals surface area contributed by atoms with E-state index in [2.05, 4.69) is 36.1 Å². The topological polar surface area (TPSA) is 29.3 Å². The first kappa shape index (κ1) is 17.0. The van der Waals surface area contributed by atoms with Crippen molar-refractivity contribution in [1.29, 1.82) is 0 Å². The van der Waals surface area contributed by atoms with Crippen LogP contribution in [0.25, 0.3) is 10.1 Å². The summed E-state index contributed by atoms with van der Waals surface area (Å²) in [7, 11) is 0. The van der Waals surface area contributed by atoms with Gasteiger partial charge in [-0.2, -0.15) is 0 Å². The zero-order valence-electron chi connectivity index (χ0n) is 12.2. The fourth-order valence-corrected chi connectivity index (χ4v) is 4.57. The minimum absolute atomic E-state index is 0. The number of fused-ring (bicyclic) bond motifs is 1. The second-order valence-electron chi connectivity index (χ2n) is 5.83. The number of likely N-dealkylation sites (tertiary alicyclic amines) is 1. The van der Waals surface area contributed by atoms with E-state index >= 15 is 0 Å². The maximum atomic E-state index is 6.53. The molecule has 2 atom stereocenters. The molecule has 0 spiro atoms. The SMILES string of the molecule is CC(N)C1CCCN(Cc2sc3ccccc3c2Cl)C1.Cl. The number of halogens is 2. The van der Waals surface area contributed by atoms with E-state index in [0.29, 0.717) is 5.92 Å². The average molecular weight is 345 g/mol. The van der Waals surface area contributed by atoms with Crippen LogP contribution in [0, 0.1) is 5.92 Å². The first-order valence-corrected chi connectivity index (χ1v) is 8.48. The zero-order valence-corrected chi connectivity index (χ0v) is 14.6. The van der Waals surface area contributed by atoms with Gasteiger partial charge in [0, 0.05) is 34.1 Å². The summed E-state index contributed by atoms with van der Waals surface area (Å²) in [5.74, 6) is 0.622. The predicted molar refractivity (Wildman–Crippen MR) is 95.7 cm³/mol. The molecule has 21 heavy (non-hydrogen) atoms. The van der Waals surface area contributed by atoms with Crippen molar-refractivity contribution in [3.05, 3.63) is 34.2 Å². The number of hydrogen-bond acceptors (Lipinski definition) is 3. The monoisotopic (exact) mass is 344 g/mol. The maximum Gasteiger partial charge on any atom is 0.0637 e. The van der Waals surface area contributed by atoms with Crippen molar-refractivity contribution in [2.24, 2.45) is 11.7 Å². The summed E-state index contributed by atoms with van der Waals surface area (Å²) in [4.78, 5) is 3.80. The standard InChI is InChI=1S/C16H21ClN2S.ClH/c1-11(18)12-5-4-8-19(9-12)10-15-16(17)13-6-2-3-7-14(13)20-15;/h2-3,6-7,11-12H,4-5,8-10,18H2,1H3;1H. The summed E-state index contributed by atoms with van der Waals surface area (Å²) >= 11 is 8.36. The molecule has 0 saturated carbocycles. The van der Waals surface area contributed by atoms with Gasteiger partial charge in [0.1, 0.15) is 0 Å². The molecule has 2 nitrogen and oxygen atoms in total. The summed E-state index contributed by atoms with van der Waals surface area (Å²) in [6, 6.07) is 8.68. The van der Waals surface area contributed by atoms with Crippen molar-refractivity contribution in [3.63, 3.8) is 0 Å². The van der Waals surface area contributed by atoms with Crippen molar-refractivity contribution >= 4 is 45.4 Å². The Labute approximate surface area is 141 Å². The van der Waals surface area contributed by atoms with Crippen LogP contribution < -0.4 is 5.73 Å². The van der Waals surface area contributed by atoms with E-state index in [1.807, 2.05) is 11.3 Å². The van der Waals surface area contributed by atoms with Gasteiger partial charge in [0.2, 0.25) is 0 Å². The summed E-state index contributed by atoms with van der Waals surface area (Å²) < 4.78 is 1.29. The molecule has 2 aromatic rings. The molecular weight excluding hydrogens is 323 g/mol. The predicted octanol–water partition coefficient (Wildman–Crippen LogP) is 4.54. The number of benzene rings is 1. The van der Waals surface area contributed by atoms with Crippen LogP contribution in [0.4, 0.5) is 0 Å². The Balaban J connectivity index is 0.00000161. The van der Waals surface area contributed by atoms with Crippen molar-refractivity contribution in [2.75, 3.05) is 13.1 Å². The second kappa shape index (κ2) is 7.30. The van der Waals surface area contributed by atoms with Crippen LogP contribution >= 0.6 is 35.3 Å². The van der Waals surface area contributed by atoms with Crippen molar-refractivity contribution in [3.8, 4) is 0 Å². The lowest BCUT2D eigenvalue weighted by Gasteiger charge is -2.34. The van der Waals surface area contributed by atoms with E-state index in [-0.39, 0.29) is 18.4 Å². The molecular formula is C16H22Cl2N2S. The largest absolute Gasteiger partial charge is 0.328 e. The molecule has 0 aliphatic carbocycles. The first-order chi connectivity index (χ1) is 9.65. The van der Waals surface area contributed by atoms with Gasteiger partial charge < -0.3 is 5.73 Å². The lowest BCUT2D eigenvalue weighted by atomic mass is 9.92. The van der Waals surface area contributed by atoms with Gasteiger partial charge in [0.15, 0.2) is 0 Å². The molecule has 1 aliphatic heterocycles. The molecule has 1 aromatic heterocycles. The molecule has 2 N–H and O–H groups in total. The van der Waals surface area contributed by atoms with Gasteiger partial charge >= 0.3 is 0 Å². The summed E-state index contributed by atoms with van der Waals surface area (Å²) in [6.45, 7) is 5.35. The van der Waals surface area contributed by atoms with E-state index in [9.17, 15) is 0 Å². The fraction of sp³-hybridized carbons (Fsp3) is 0.500. The smallest absolute Gasteiger partial charge is 0.0637 e. The highest BCUT2D eigenvalue weighted by Crippen LogP contribution is 2.36. The summed E-state index contributed by atoms with van der Waals surface area (Å²) in [5.41, 5.74) is 6.06. The number of nitrogens with zero attached hydrogens (tertiary/aromatic N) is 1. The van der Waals surface area contributed by atoms with Gasteiger partial charge in [-0.15, -0.1) is 23.7 Å². The van der Waals surface area contributed by atoms with Crippen LogP contribution in [0.5, 0.6) is 0 Å². The lowest BCUT2D eigenvalue weighted by molar-refractivity contribution is 0.155. The van der Waals surface area contributed by atoms with E-state index < -0.39 is 0 Å². The first-order valence-electron chi connectivity index (χ1n) is 7.29. The Morgan fingerprint density at radius 2 is 2.19 bits per heavy atom. The molecule has 0 radical (unpaired) electrons. The Kier molecular flexibility index (Phi) is 5.92. The third-order valence-corrected chi connectivity index (χ3v) is 5.95. The number of hydrogen-bond donors (Lipinski definition) is 1. The van der Waals surface area contributed by atoms with Crippen molar-refractivity contribution < 1.29 is 0 Å². The van der Waals surface area contributed by atoms with E-state index in [0.717, 1.165) is 24.7 Å².